The van der Waals surface area contributed by atoms with E-state index in [0.717, 1.165) is 5.82 Å². The van der Waals surface area contributed by atoms with Gasteiger partial charge in [0.2, 0.25) is 0 Å². The molecular formula is C18H23FN4. The van der Waals surface area contributed by atoms with E-state index in [0.29, 0.717) is 24.0 Å². The van der Waals surface area contributed by atoms with Gasteiger partial charge in [0, 0.05) is 24.2 Å². The molecule has 2 N–H and O–H groups in total. The predicted octanol–water partition coefficient (Wildman–Crippen LogP) is 4.36. The third kappa shape index (κ3) is 4.65. The minimum Gasteiger partial charge on any atom is -0.367 e. The predicted molar refractivity (Wildman–Crippen MR) is 90.9 cm³/mol. The van der Waals surface area contributed by atoms with E-state index in [1.165, 1.54) is 44.6 Å². The molecule has 1 saturated carbocycles. The van der Waals surface area contributed by atoms with Crippen LogP contribution in [0, 0.1) is 5.82 Å². The smallest absolute Gasteiger partial charge is 0.131 e. The molecule has 0 bridgehead atoms. The molecule has 1 aromatic heterocycles. The van der Waals surface area contributed by atoms with Crippen LogP contribution in [0.5, 0.6) is 0 Å². The van der Waals surface area contributed by atoms with Crippen LogP contribution >= 0.6 is 0 Å². The monoisotopic (exact) mass is 314 g/mol. The number of benzene rings is 1. The molecule has 1 aliphatic rings. The van der Waals surface area contributed by atoms with Gasteiger partial charge in [-0.3, -0.25) is 0 Å². The third-order valence-corrected chi connectivity index (χ3v) is 4.29. The van der Waals surface area contributed by atoms with Gasteiger partial charge in [-0.2, -0.15) is 0 Å². The molecule has 3 rings (SSSR count). The van der Waals surface area contributed by atoms with E-state index in [9.17, 15) is 4.39 Å². The van der Waals surface area contributed by atoms with Gasteiger partial charge in [0.15, 0.2) is 0 Å². The second-order valence-electron chi connectivity index (χ2n) is 6.07. The molecule has 0 spiro atoms. The van der Waals surface area contributed by atoms with Gasteiger partial charge in [-0.05, 0) is 18.9 Å². The minimum absolute atomic E-state index is 0.203. The SMILES string of the molecule is Fc1ccccc1CNc1cc(NC2CCCCCC2)ncn1. The van der Waals surface area contributed by atoms with Crippen molar-refractivity contribution in [3.8, 4) is 0 Å². The first-order valence-corrected chi connectivity index (χ1v) is 8.37. The summed E-state index contributed by atoms with van der Waals surface area (Å²) in [7, 11) is 0. The summed E-state index contributed by atoms with van der Waals surface area (Å²) in [5, 5.41) is 6.67. The van der Waals surface area contributed by atoms with Crippen LogP contribution in [0.4, 0.5) is 16.0 Å². The van der Waals surface area contributed by atoms with E-state index in [1.54, 1.807) is 18.5 Å². The van der Waals surface area contributed by atoms with Crippen LogP contribution in [-0.4, -0.2) is 16.0 Å². The molecule has 5 heteroatoms. The number of anilines is 2. The Morgan fingerprint density at radius 3 is 2.52 bits per heavy atom. The van der Waals surface area contributed by atoms with Crippen LogP contribution in [0.3, 0.4) is 0 Å². The fraction of sp³-hybridized carbons (Fsp3) is 0.444. The first kappa shape index (κ1) is 15.7. The van der Waals surface area contributed by atoms with Gasteiger partial charge in [-0.1, -0.05) is 43.9 Å². The highest BCUT2D eigenvalue weighted by molar-refractivity contribution is 5.47. The molecule has 0 aliphatic heterocycles. The van der Waals surface area contributed by atoms with Gasteiger partial charge in [-0.15, -0.1) is 0 Å². The van der Waals surface area contributed by atoms with Gasteiger partial charge in [0.1, 0.15) is 23.8 Å². The van der Waals surface area contributed by atoms with E-state index >= 15 is 0 Å². The molecule has 1 aromatic carbocycles. The minimum atomic E-state index is -0.203. The van der Waals surface area contributed by atoms with Crippen LogP contribution < -0.4 is 10.6 Å². The summed E-state index contributed by atoms with van der Waals surface area (Å²) >= 11 is 0. The zero-order valence-electron chi connectivity index (χ0n) is 13.3. The largest absolute Gasteiger partial charge is 0.367 e. The van der Waals surface area contributed by atoms with Crippen molar-refractivity contribution in [1.29, 1.82) is 0 Å². The van der Waals surface area contributed by atoms with E-state index < -0.39 is 0 Å². The van der Waals surface area contributed by atoms with Crippen LogP contribution in [0.25, 0.3) is 0 Å². The van der Waals surface area contributed by atoms with E-state index in [-0.39, 0.29) is 5.82 Å². The Hall–Kier alpha value is -2.17. The van der Waals surface area contributed by atoms with Gasteiger partial charge >= 0.3 is 0 Å². The van der Waals surface area contributed by atoms with E-state index in [4.69, 9.17) is 0 Å². The Morgan fingerprint density at radius 1 is 1.00 bits per heavy atom. The van der Waals surface area contributed by atoms with Crippen LogP contribution in [-0.2, 0) is 6.54 Å². The molecule has 0 unspecified atom stereocenters. The van der Waals surface area contributed by atoms with Gasteiger partial charge in [0.05, 0.1) is 0 Å². The van der Waals surface area contributed by atoms with Crippen molar-refractivity contribution in [2.75, 3.05) is 10.6 Å². The molecule has 122 valence electrons. The maximum Gasteiger partial charge on any atom is 0.131 e. The maximum absolute atomic E-state index is 13.6. The lowest BCUT2D eigenvalue weighted by atomic mass is 10.1. The number of nitrogens with one attached hydrogen (secondary N) is 2. The van der Waals surface area contributed by atoms with E-state index in [1.807, 2.05) is 12.1 Å². The number of halogens is 1. The number of hydrogen-bond donors (Lipinski definition) is 2. The summed E-state index contributed by atoms with van der Waals surface area (Å²) in [5.41, 5.74) is 0.629. The second kappa shape index (κ2) is 7.90. The van der Waals surface area contributed by atoms with Gasteiger partial charge in [-0.25, -0.2) is 14.4 Å². The zero-order valence-corrected chi connectivity index (χ0v) is 13.3. The van der Waals surface area contributed by atoms with E-state index in [2.05, 4.69) is 20.6 Å². The molecular weight excluding hydrogens is 291 g/mol. The van der Waals surface area contributed by atoms with Gasteiger partial charge < -0.3 is 10.6 Å². The molecule has 2 aromatic rings. The molecule has 1 aliphatic carbocycles. The molecule has 0 radical (unpaired) electrons. The second-order valence-corrected chi connectivity index (χ2v) is 6.07. The van der Waals surface area contributed by atoms with Crippen molar-refractivity contribution in [1.82, 2.24) is 9.97 Å². The summed E-state index contributed by atoms with van der Waals surface area (Å²) in [4.78, 5) is 8.51. The highest BCUT2D eigenvalue weighted by Crippen LogP contribution is 2.21. The van der Waals surface area contributed by atoms with Crippen molar-refractivity contribution in [3.05, 3.63) is 48.0 Å². The van der Waals surface area contributed by atoms with Crippen molar-refractivity contribution >= 4 is 11.6 Å². The Labute approximate surface area is 136 Å². The van der Waals surface area contributed by atoms with Crippen LogP contribution in [0.2, 0.25) is 0 Å². The van der Waals surface area contributed by atoms with Crippen LogP contribution in [0.1, 0.15) is 44.1 Å². The van der Waals surface area contributed by atoms with Gasteiger partial charge in [0.25, 0.3) is 0 Å². The van der Waals surface area contributed by atoms with Crippen molar-refractivity contribution in [3.63, 3.8) is 0 Å². The lowest BCUT2D eigenvalue weighted by Gasteiger charge is -2.17. The number of nitrogens with zero attached hydrogens (tertiary/aromatic N) is 2. The highest BCUT2D eigenvalue weighted by Gasteiger charge is 2.12. The van der Waals surface area contributed by atoms with Crippen molar-refractivity contribution < 1.29 is 4.39 Å². The molecule has 4 nitrogen and oxygen atoms in total. The topological polar surface area (TPSA) is 49.8 Å². The number of rotatable bonds is 5. The lowest BCUT2D eigenvalue weighted by Crippen LogP contribution is -2.19. The Morgan fingerprint density at radius 2 is 1.74 bits per heavy atom. The molecule has 1 fully saturated rings. The first-order chi connectivity index (χ1) is 11.3. The average molecular weight is 314 g/mol. The summed E-state index contributed by atoms with van der Waals surface area (Å²) in [6, 6.07) is 9.15. The van der Waals surface area contributed by atoms with Crippen LogP contribution in [0.15, 0.2) is 36.7 Å². The average Bonchev–Trinajstić information content (AvgIpc) is 2.83. The quantitative estimate of drug-likeness (QED) is 0.805. The summed E-state index contributed by atoms with van der Waals surface area (Å²) in [5.74, 6) is 1.34. The Kier molecular flexibility index (Phi) is 5.40. The molecule has 0 atom stereocenters. The summed E-state index contributed by atoms with van der Waals surface area (Å²) < 4.78 is 13.6. The Balaban J connectivity index is 1.59. The lowest BCUT2D eigenvalue weighted by molar-refractivity contribution is 0.612. The fourth-order valence-electron chi connectivity index (χ4n) is 2.99. The standard InChI is InChI=1S/C18H23FN4/c19-16-10-6-5-7-14(16)12-20-17-11-18(22-13-21-17)23-15-8-3-1-2-4-9-15/h5-7,10-11,13,15H,1-4,8-9,12H2,(H2,20,21,22,23). The fourth-order valence-corrected chi connectivity index (χ4v) is 2.99. The Bertz CT molecular complexity index is 624. The number of hydrogen-bond acceptors (Lipinski definition) is 4. The van der Waals surface area contributed by atoms with Crippen molar-refractivity contribution in [2.45, 2.75) is 51.1 Å². The maximum atomic E-state index is 13.6. The first-order valence-electron chi connectivity index (χ1n) is 8.37. The summed E-state index contributed by atoms with van der Waals surface area (Å²) in [6.45, 7) is 0.409. The number of aromatic nitrogens is 2. The molecule has 1 heterocycles. The zero-order chi connectivity index (χ0) is 15.9. The normalized spacial score (nSPS) is 15.9. The third-order valence-electron chi connectivity index (χ3n) is 4.29. The van der Waals surface area contributed by atoms with Crippen molar-refractivity contribution in [2.24, 2.45) is 0 Å². The molecule has 0 amide bonds. The highest BCUT2D eigenvalue weighted by atomic mass is 19.1. The molecule has 0 saturated heterocycles. The molecule has 23 heavy (non-hydrogen) atoms. The summed E-state index contributed by atoms with van der Waals surface area (Å²) in [6.07, 6.45) is 9.16.